The zero-order valence-corrected chi connectivity index (χ0v) is 18.5. The number of rotatable bonds is 6. The molecule has 0 spiro atoms. The first-order chi connectivity index (χ1) is 14.8. The van der Waals surface area contributed by atoms with Crippen molar-refractivity contribution in [3.63, 3.8) is 0 Å². The van der Waals surface area contributed by atoms with Crippen LogP contribution in [0.2, 0.25) is 0 Å². The predicted octanol–water partition coefficient (Wildman–Crippen LogP) is 7.19. The van der Waals surface area contributed by atoms with Gasteiger partial charge in [0.1, 0.15) is 11.7 Å². The highest BCUT2D eigenvalue weighted by molar-refractivity contribution is 7.18. The van der Waals surface area contributed by atoms with Gasteiger partial charge in [0, 0.05) is 40.5 Å². The van der Waals surface area contributed by atoms with Crippen LogP contribution >= 0.6 is 11.3 Å². The van der Waals surface area contributed by atoms with Crippen molar-refractivity contribution in [3.05, 3.63) is 77.3 Å². The van der Waals surface area contributed by atoms with Crippen LogP contribution in [0.5, 0.6) is 0 Å². The van der Waals surface area contributed by atoms with E-state index in [1.165, 1.54) is 61.9 Å². The molecule has 3 heteroatoms. The smallest absolute Gasteiger partial charge is 0.262 e. The number of benzene rings is 3. The number of fused-ring (bicyclic) bond motifs is 4. The van der Waals surface area contributed by atoms with Crippen molar-refractivity contribution >= 4 is 55.5 Å². The van der Waals surface area contributed by atoms with Gasteiger partial charge < -0.3 is 4.57 Å². The van der Waals surface area contributed by atoms with Gasteiger partial charge in [0.05, 0.1) is 0 Å². The second kappa shape index (κ2) is 8.08. The van der Waals surface area contributed by atoms with Crippen molar-refractivity contribution in [2.24, 2.45) is 7.05 Å². The van der Waals surface area contributed by atoms with E-state index in [0.29, 0.717) is 0 Å². The van der Waals surface area contributed by atoms with Crippen LogP contribution in [0.25, 0.3) is 44.2 Å². The first-order valence-corrected chi connectivity index (χ1v) is 11.6. The van der Waals surface area contributed by atoms with Crippen LogP contribution in [0, 0.1) is 0 Å². The van der Waals surface area contributed by atoms with Gasteiger partial charge >= 0.3 is 0 Å². The molecule has 3 aromatic carbocycles. The molecule has 0 radical (unpaired) electrons. The Morgan fingerprint density at radius 2 is 1.67 bits per heavy atom. The van der Waals surface area contributed by atoms with Crippen LogP contribution in [0.1, 0.15) is 36.8 Å². The lowest BCUT2D eigenvalue weighted by molar-refractivity contribution is -0.642. The third kappa shape index (κ3) is 3.33. The van der Waals surface area contributed by atoms with E-state index < -0.39 is 0 Å². The van der Waals surface area contributed by atoms with Crippen LogP contribution in [-0.4, -0.2) is 4.57 Å². The van der Waals surface area contributed by atoms with Crippen molar-refractivity contribution in [2.45, 2.75) is 32.7 Å². The summed E-state index contributed by atoms with van der Waals surface area (Å²) in [7, 11) is 2.14. The van der Waals surface area contributed by atoms with Gasteiger partial charge in [-0.3, -0.25) is 0 Å². The molecular weight excluding hydrogens is 384 g/mol. The van der Waals surface area contributed by atoms with E-state index in [-0.39, 0.29) is 0 Å². The van der Waals surface area contributed by atoms with E-state index in [0.717, 1.165) is 6.54 Å². The summed E-state index contributed by atoms with van der Waals surface area (Å²) in [4.78, 5) is 0. The van der Waals surface area contributed by atoms with Gasteiger partial charge in [0.25, 0.3) is 5.01 Å². The molecule has 0 aliphatic rings. The number of thiazole rings is 1. The molecule has 0 amide bonds. The minimum Gasteiger partial charge on any atom is -0.340 e. The Morgan fingerprint density at radius 3 is 2.53 bits per heavy atom. The molecule has 0 saturated heterocycles. The molecule has 2 nitrogen and oxygen atoms in total. The summed E-state index contributed by atoms with van der Waals surface area (Å²) >= 11 is 1.84. The maximum Gasteiger partial charge on any atom is 0.262 e. The largest absolute Gasteiger partial charge is 0.340 e. The normalized spacial score (nSPS) is 12.1. The Hall–Kier alpha value is -2.91. The van der Waals surface area contributed by atoms with Crippen LogP contribution in [0.4, 0.5) is 0 Å². The van der Waals surface area contributed by atoms with Crippen molar-refractivity contribution in [1.29, 1.82) is 0 Å². The first kappa shape index (κ1) is 19.1. The summed E-state index contributed by atoms with van der Waals surface area (Å²) in [5.74, 6) is 0. The summed E-state index contributed by atoms with van der Waals surface area (Å²) in [6.07, 6.45) is 8.25. The number of hydrogen-bond acceptors (Lipinski definition) is 1. The van der Waals surface area contributed by atoms with Gasteiger partial charge in [0.15, 0.2) is 0 Å². The highest BCUT2D eigenvalue weighted by Crippen LogP contribution is 2.31. The number of hydrogen-bond donors (Lipinski definition) is 0. The van der Waals surface area contributed by atoms with Crippen molar-refractivity contribution < 1.29 is 4.57 Å². The Kier molecular flexibility index (Phi) is 5.14. The molecule has 150 valence electrons. The Labute approximate surface area is 181 Å². The standard InChI is InChI=1S/C27H27N2S/c1-3-4-9-18-29-23-11-6-5-10-21(23)22-19-20(14-16-24(22)29)15-17-27-28(2)25-12-7-8-13-26(25)30-27/h5-8,10-17,19H,3-4,9,18H2,1-2H3/q+1. The molecule has 0 fully saturated rings. The molecule has 2 aromatic heterocycles. The van der Waals surface area contributed by atoms with Crippen LogP contribution in [0.3, 0.4) is 0 Å². The molecule has 5 aromatic rings. The van der Waals surface area contributed by atoms with Crippen molar-refractivity contribution in [2.75, 3.05) is 0 Å². The molecule has 0 N–H and O–H groups in total. The molecule has 0 saturated carbocycles. The fourth-order valence-corrected chi connectivity index (χ4v) is 5.42. The molecule has 0 bridgehead atoms. The van der Waals surface area contributed by atoms with Crippen molar-refractivity contribution in [1.82, 2.24) is 4.57 Å². The lowest BCUT2D eigenvalue weighted by Crippen LogP contribution is -2.28. The van der Waals surface area contributed by atoms with Crippen LogP contribution in [-0.2, 0) is 13.6 Å². The molecule has 0 unspecified atom stereocenters. The lowest BCUT2D eigenvalue weighted by atomic mass is 10.1. The molecule has 2 heterocycles. The van der Waals surface area contributed by atoms with Crippen LogP contribution in [0.15, 0.2) is 66.7 Å². The fraction of sp³-hybridized carbons (Fsp3) is 0.222. The number of aryl methyl sites for hydroxylation is 2. The number of para-hydroxylation sites is 2. The highest BCUT2D eigenvalue weighted by atomic mass is 32.1. The van der Waals surface area contributed by atoms with E-state index in [2.05, 4.69) is 102 Å². The molecular formula is C27H27N2S+. The van der Waals surface area contributed by atoms with Gasteiger partial charge in [-0.25, -0.2) is 0 Å². The molecule has 0 aliphatic heterocycles. The van der Waals surface area contributed by atoms with Gasteiger partial charge in [-0.05, 0) is 42.3 Å². The summed E-state index contributed by atoms with van der Waals surface area (Å²) in [5.41, 5.74) is 5.22. The topological polar surface area (TPSA) is 8.81 Å². The minimum atomic E-state index is 1.09. The van der Waals surface area contributed by atoms with Gasteiger partial charge in [-0.1, -0.05) is 67.5 Å². The maximum absolute atomic E-state index is 2.50. The Morgan fingerprint density at radius 1 is 0.867 bits per heavy atom. The van der Waals surface area contributed by atoms with Gasteiger partial charge in [-0.15, -0.1) is 0 Å². The minimum absolute atomic E-state index is 1.09. The zero-order valence-electron chi connectivity index (χ0n) is 17.6. The third-order valence-corrected chi connectivity index (χ3v) is 7.16. The fourth-order valence-electron chi connectivity index (χ4n) is 4.37. The Bertz CT molecular complexity index is 1370. The number of aromatic nitrogens is 2. The lowest BCUT2D eigenvalue weighted by Gasteiger charge is -2.07. The summed E-state index contributed by atoms with van der Waals surface area (Å²) in [5, 5.41) is 3.97. The average molecular weight is 412 g/mol. The van der Waals surface area contributed by atoms with E-state index in [1.54, 1.807) is 0 Å². The average Bonchev–Trinajstić information content (AvgIpc) is 3.27. The molecule has 0 atom stereocenters. The van der Waals surface area contributed by atoms with E-state index in [1.807, 2.05) is 11.3 Å². The van der Waals surface area contributed by atoms with Crippen molar-refractivity contribution in [3.8, 4) is 0 Å². The summed E-state index contributed by atoms with van der Waals surface area (Å²) < 4.78 is 6.10. The number of unbranched alkanes of at least 4 members (excludes halogenated alkanes) is 2. The first-order valence-electron chi connectivity index (χ1n) is 10.8. The highest BCUT2D eigenvalue weighted by Gasteiger charge is 2.14. The third-order valence-electron chi connectivity index (χ3n) is 5.97. The second-order valence-corrected chi connectivity index (χ2v) is 9.02. The predicted molar refractivity (Wildman–Crippen MR) is 131 cm³/mol. The van der Waals surface area contributed by atoms with E-state index >= 15 is 0 Å². The second-order valence-electron chi connectivity index (χ2n) is 7.95. The monoisotopic (exact) mass is 411 g/mol. The molecule has 0 aliphatic carbocycles. The van der Waals surface area contributed by atoms with Gasteiger partial charge in [0.2, 0.25) is 5.52 Å². The summed E-state index contributed by atoms with van der Waals surface area (Å²) in [6.45, 7) is 3.35. The zero-order chi connectivity index (χ0) is 20.5. The quantitative estimate of drug-likeness (QED) is 0.206. The maximum atomic E-state index is 2.50. The number of nitrogens with zero attached hydrogens (tertiary/aromatic N) is 2. The molecule has 30 heavy (non-hydrogen) atoms. The van der Waals surface area contributed by atoms with Gasteiger partial charge in [-0.2, -0.15) is 4.57 Å². The Balaban J connectivity index is 1.55. The van der Waals surface area contributed by atoms with E-state index in [9.17, 15) is 0 Å². The van der Waals surface area contributed by atoms with Crippen LogP contribution < -0.4 is 4.57 Å². The van der Waals surface area contributed by atoms with E-state index in [4.69, 9.17) is 0 Å². The molecule has 5 rings (SSSR count). The SMILES string of the molecule is CCCCCn1c2ccccc2c2cc(/C=C/c3sc4ccccc4[n+]3C)ccc21. The summed E-state index contributed by atoms with van der Waals surface area (Å²) in [6, 6.07) is 24.3.